The largest absolute Gasteiger partial charge is 0.490 e. The highest BCUT2D eigenvalue weighted by molar-refractivity contribution is 7.90. The molecule has 0 bridgehead atoms. The van der Waals surface area contributed by atoms with E-state index in [4.69, 9.17) is 21.4 Å². The summed E-state index contributed by atoms with van der Waals surface area (Å²) >= 11 is 6.00. The van der Waals surface area contributed by atoms with E-state index in [1.54, 1.807) is 30.3 Å². The Bertz CT molecular complexity index is 1450. The zero-order valence-electron chi connectivity index (χ0n) is 24.9. The van der Waals surface area contributed by atoms with E-state index in [9.17, 15) is 18.3 Å². The number of hydrogen-bond donors (Lipinski definition) is 5. The van der Waals surface area contributed by atoms with Gasteiger partial charge in [0, 0.05) is 37.0 Å². The molecule has 248 valence electrons. The van der Waals surface area contributed by atoms with Gasteiger partial charge in [0.1, 0.15) is 5.75 Å². The van der Waals surface area contributed by atoms with Gasteiger partial charge in [0.05, 0.1) is 23.5 Å². The molecule has 0 heterocycles. The second-order valence-electron chi connectivity index (χ2n) is 10.7. The second-order valence-corrected chi connectivity index (χ2v) is 13.0. The Kier molecular flexibility index (Phi) is 16.5. The number of amides is 1. The predicted octanol–water partition coefficient (Wildman–Crippen LogP) is 5.74. The van der Waals surface area contributed by atoms with Gasteiger partial charge in [-0.2, -0.15) is 0 Å². The van der Waals surface area contributed by atoms with E-state index in [0.717, 1.165) is 54.5 Å². The first-order chi connectivity index (χ1) is 20.7. The van der Waals surface area contributed by atoms with Crippen LogP contribution in [0.25, 0.3) is 11.1 Å². The first-order valence-corrected chi connectivity index (χ1v) is 16.7. The molecule has 13 heteroatoms. The summed E-state index contributed by atoms with van der Waals surface area (Å²) in [5.41, 5.74) is 3.63. The van der Waals surface area contributed by atoms with Crippen molar-refractivity contribution in [3.63, 3.8) is 0 Å². The molecule has 1 atom stereocenters. The van der Waals surface area contributed by atoms with Gasteiger partial charge in [0.15, 0.2) is 0 Å². The zero-order valence-corrected chi connectivity index (χ0v) is 28.1. The lowest BCUT2D eigenvalue weighted by molar-refractivity contribution is 0.0969. The van der Waals surface area contributed by atoms with Crippen molar-refractivity contribution >= 4 is 58.0 Å². The number of rotatable bonds is 15. The lowest BCUT2D eigenvalue weighted by Crippen LogP contribution is -2.33. The Morgan fingerprint density at radius 2 is 1.67 bits per heavy atom. The van der Waals surface area contributed by atoms with Crippen LogP contribution in [0.15, 0.2) is 66.7 Å². The van der Waals surface area contributed by atoms with Gasteiger partial charge >= 0.3 is 0 Å². The topological polar surface area (TPSA) is 137 Å². The van der Waals surface area contributed by atoms with Crippen LogP contribution in [0.2, 0.25) is 5.02 Å². The highest BCUT2D eigenvalue weighted by atomic mass is 35.5. The van der Waals surface area contributed by atoms with Crippen LogP contribution < -0.4 is 20.1 Å². The highest BCUT2D eigenvalue weighted by Crippen LogP contribution is 2.31. The zero-order chi connectivity index (χ0) is 30.7. The van der Waals surface area contributed by atoms with E-state index < -0.39 is 22.0 Å². The van der Waals surface area contributed by atoms with Crippen molar-refractivity contribution in [2.24, 2.45) is 0 Å². The first-order valence-electron chi connectivity index (χ1n) is 14.7. The molecule has 5 N–H and O–H groups in total. The van der Waals surface area contributed by atoms with Gasteiger partial charge in [0.2, 0.25) is 10.0 Å². The number of carbonyl (C=O) groups excluding carboxylic acids is 1. The lowest BCUT2D eigenvalue weighted by Gasteiger charge is -2.24. The number of nitrogens with one attached hydrogen (secondary N) is 3. The minimum atomic E-state index is -3.88. The summed E-state index contributed by atoms with van der Waals surface area (Å²) in [6.07, 6.45) is 4.39. The number of aliphatic hydroxyl groups is 2. The summed E-state index contributed by atoms with van der Waals surface area (Å²) in [5, 5.41) is 26.5. The Labute approximate surface area is 283 Å². The molecule has 45 heavy (non-hydrogen) atoms. The maximum absolute atomic E-state index is 13.0. The van der Waals surface area contributed by atoms with E-state index >= 15 is 0 Å². The van der Waals surface area contributed by atoms with Crippen LogP contribution in [0.3, 0.4) is 0 Å². The number of halogens is 3. The van der Waals surface area contributed by atoms with Crippen molar-refractivity contribution < 1.29 is 28.2 Å². The third-order valence-electron chi connectivity index (χ3n) is 7.31. The minimum Gasteiger partial charge on any atom is -0.490 e. The molecule has 0 aliphatic heterocycles. The molecule has 0 saturated heterocycles. The van der Waals surface area contributed by atoms with Crippen LogP contribution in [0, 0.1) is 0 Å². The molecule has 1 amide bonds. The molecule has 0 aromatic heterocycles. The van der Waals surface area contributed by atoms with Gasteiger partial charge in [-0.25, -0.2) is 13.1 Å². The summed E-state index contributed by atoms with van der Waals surface area (Å²) in [4.78, 5) is 13.0. The molecule has 0 spiro atoms. The molecule has 4 rings (SSSR count). The summed E-state index contributed by atoms with van der Waals surface area (Å²) in [6.45, 7) is 1.45. The van der Waals surface area contributed by atoms with Gasteiger partial charge in [-0.05, 0) is 85.2 Å². The molecule has 0 radical (unpaired) electrons. The molecule has 3 aromatic carbocycles. The predicted molar refractivity (Wildman–Crippen MR) is 185 cm³/mol. The average molecular weight is 703 g/mol. The number of aliphatic hydroxyl groups excluding tert-OH is 2. The Morgan fingerprint density at radius 3 is 2.36 bits per heavy atom. The molecular formula is C32H42Cl3N3O6S. The second kappa shape index (κ2) is 19.2. The van der Waals surface area contributed by atoms with Crippen molar-refractivity contribution in [1.82, 2.24) is 10.0 Å². The third kappa shape index (κ3) is 12.3. The Hall–Kier alpha value is -2.57. The SMILES string of the molecule is Cl.Cl.O=C(NS(=O)(=O)CCCO)c1ccc(-c2ccc(NCCNC[C@H](O)c3cccc(Cl)c3)cc2)cc1OC1CCCCC1. The smallest absolute Gasteiger partial charge is 0.268 e. The molecule has 1 aliphatic rings. The molecule has 1 saturated carbocycles. The number of sulfonamides is 1. The Morgan fingerprint density at radius 1 is 0.956 bits per heavy atom. The summed E-state index contributed by atoms with van der Waals surface area (Å²) in [5.74, 6) is -0.732. The fraction of sp³-hybridized carbons (Fsp3) is 0.406. The third-order valence-corrected chi connectivity index (χ3v) is 8.87. The van der Waals surface area contributed by atoms with Crippen LogP contribution in [-0.2, 0) is 10.0 Å². The van der Waals surface area contributed by atoms with Crippen molar-refractivity contribution in [3.05, 3.63) is 82.9 Å². The summed E-state index contributed by atoms with van der Waals surface area (Å²) in [7, 11) is -3.88. The number of benzene rings is 3. The number of anilines is 1. The van der Waals surface area contributed by atoms with Crippen molar-refractivity contribution in [2.45, 2.75) is 50.7 Å². The van der Waals surface area contributed by atoms with E-state index in [0.29, 0.717) is 30.4 Å². The maximum atomic E-state index is 13.0. The van der Waals surface area contributed by atoms with Gasteiger partial charge in [-0.1, -0.05) is 48.4 Å². The van der Waals surface area contributed by atoms with Crippen LogP contribution in [0.1, 0.15) is 60.6 Å². The van der Waals surface area contributed by atoms with Crippen LogP contribution in [-0.4, -0.2) is 62.6 Å². The number of hydrogen-bond acceptors (Lipinski definition) is 8. The number of ether oxygens (including phenoxy) is 1. The quantitative estimate of drug-likeness (QED) is 0.127. The Balaban J connectivity index is 0.00000353. The minimum absolute atomic E-state index is 0. The van der Waals surface area contributed by atoms with Crippen LogP contribution in [0.5, 0.6) is 5.75 Å². The monoisotopic (exact) mass is 701 g/mol. The average Bonchev–Trinajstić information content (AvgIpc) is 3.00. The molecule has 1 aliphatic carbocycles. The summed E-state index contributed by atoms with van der Waals surface area (Å²) in [6, 6.07) is 20.2. The lowest BCUT2D eigenvalue weighted by atomic mass is 9.97. The first kappa shape index (κ1) is 38.6. The fourth-order valence-electron chi connectivity index (χ4n) is 5.00. The molecule has 9 nitrogen and oxygen atoms in total. The molecule has 0 unspecified atom stereocenters. The van der Waals surface area contributed by atoms with Crippen LogP contribution in [0.4, 0.5) is 5.69 Å². The van der Waals surface area contributed by atoms with E-state index in [1.807, 2.05) is 36.4 Å². The molecule has 3 aromatic rings. The standard InChI is InChI=1S/C32H40ClN3O6S.2ClH/c33-26-7-4-6-25(20-26)30(38)22-34-16-17-35-27-13-10-23(11-14-27)24-12-15-29(32(39)36-43(40,41)19-5-18-37)31(21-24)42-28-8-2-1-3-9-28;;/h4,6-7,10-15,20-21,28,30,34-35,37-38H,1-3,5,8-9,16-19,22H2,(H,36,39);2*1H/t30-;;/m0../s1. The maximum Gasteiger partial charge on any atom is 0.268 e. The molecular weight excluding hydrogens is 661 g/mol. The normalized spacial score (nSPS) is 14.0. The van der Waals surface area contributed by atoms with Crippen LogP contribution >= 0.6 is 36.4 Å². The van der Waals surface area contributed by atoms with E-state index in [1.165, 1.54) is 0 Å². The van der Waals surface area contributed by atoms with Gasteiger partial charge in [-0.15, -0.1) is 24.8 Å². The van der Waals surface area contributed by atoms with Crippen molar-refractivity contribution in [1.29, 1.82) is 0 Å². The van der Waals surface area contributed by atoms with E-state index in [2.05, 4.69) is 15.4 Å². The van der Waals surface area contributed by atoms with Gasteiger partial charge in [0.25, 0.3) is 5.91 Å². The summed E-state index contributed by atoms with van der Waals surface area (Å²) < 4.78 is 33.0. The van der Waals surface area contributed by atoms with Crippen molar-refractivity contribution in [2.75, 3.05) is 37.3 Å². The van der Waals surface area contributed by atoms with E-state index in [-0.39, 0.29) is 55.3 Å². The fourth-order valence-corrected chi connectivity index (χ4v) is 6.20. The van der Waals surface area contributed by atoms with Gasteiger partial charge < -0.3 is 25.6 Å². The molecule has 1 fully saturated rings. The van der Waals surface area contributed by atoms with Crippen molar-refractivity contribution in [3.8, 4) is 16.9 Å². The highest BCUT2D eigenvalue weighted by Gasteiger charge is 2.23. The van der Waals surface area contributed by atoms with Gasteiger partial charge in [-0.3, -0.25) is 4.79 Å². The number of carbonyl (C=O) groups is 1.